The first-order chi connectivity index (χ1) is 9.01. The predicted octanol–water partition coefficient (Wildman–Crippen LogP) is 1.11. The maximum absolute atomic E-state index is 12.2. The van der Waals surface area contributed by atoms with E-state index >= 15 is 0 Å². The first-order valence-corrected chi connectivity index (χ1v) is 7.77. The highest BCUT2D eigenvalue weighted by molar-refractivity contribution is 7.89. The van der Waals surface area contributed by atoms with Gasteiger partial charge in [0.2, 0.25) is 10.0 Å². The second-order valence-corrected chi connectivity index (χ2v) is 6.59. The maximum atomic E-state index is 12.2. The summed E-state index contributed by atoms with van der Waals surface area (Å²) in [5.74, 6) is 0. The van der Waals surface area contributed by atoms with Gasteiger partial charge in [0.05, 0.1) is 16.5 Å². The number of nitrogens with zero attached hydrogens (tertiary/aromatic N) is 1. The van der Waals surface area contributed by atoms with E-state index in [1.165, 1.54) is 12.1 Å². The fourth-order valence-corrected chi connectivity index (χ4v) is 3.61. The summed E-state index contributed by atoms with van der Waals surface area (Å²) >= 11 is 0. The van der Waals surface area contributed by atoms with Crippen molar-refractivity contribution < 1.29 is 8.42 Å². The third kappa shape index (κ3) is 3.53. The van der Waals surface area contributed by atoms with Gasteiger partial charge in [-0.1, -0.05) is 6.07 Å². The van der Waals surface area contributed by atoms with Crippen molar-refractivity contribution in [1.29, 1.82) is 5.26 Å². The van der Waals surface area contributed by atoms with Crippen LogP contribution in [0.4, 0.5) is 0 Å². The quantitative estimate of drug-likeness (QED) is 0.866. The van der Waals surface area contributed by atoms with Gasteiger partial charge in [0, 0.05) is 12.1 Å². The third-order valence-corrected chi connectivity index (χ3v) is 4.89. The van der Waals surface area contributed by atoms with Crippen LogP contribution >= 0.6 is 0 Å². The van der Waals surface area contributed by atoms with Crippen molar-refractivity contribution in [2.75, 3.05) is 0 Å². The number of hydrogen-bond donors (Lipinski definition) is 2. The van der Waals surface area contributed by atoms with Crippen LogP contribution in [0, 0.1) is 11.3 Å². The molecule has 0 heterocycles. The Morgan fingerprint density at radius 1 is 1.26 bits per heavy atom. The summed E-state index contributed by atoms with van der Waals surface area (Å²) in [6.45, 7) is 0. The number of nitrogens with one attached hydrogen (secondary N) is 1. The van der Waals surface area contributed by atoms with Gasteiger partial charge in [-0.2, -0.15) is 5.26 Å². The largest absolute Gasteiger partial charge is 0.328 e. The van der Waals surface area contributed by atoms with Crippen LogP contribution in [0.15, 0.2) is 29.2 Å². The Labute approximate surface area is 113 Å². The Morgan fingerprint density at radius 3 is 2.58 bits per heavy atom. The number of nitrogens with two attached hydrogens (primary N) is 1. The Morgan fingerprint density at radius 2 is 1.95 bits per heavy atom. The summed E-state index contributed by atoms with van der Waals surface area (Å²) in [5, 5.41) is 8.80. The average Bonchev–Trinajstić information content (AvgIpc) is 2.41. The Hall–Kier alpha value is -1.42. The minimum Gasteiger partial charge on any atom is -0.328 e. The van der Waals surface area contributed by atoms with Crippen LogP contribution in [0.1, 0.15) is 31.2 Å². The summed E-state index contributed by atoms with van der Waals surface area (Å²) < 4.78 is 27.1. The first kappa shape index (κ1) is 14.0. The molecule has 0 saturated heterocycles. The van der Waals surface area contributed by atoms with Gasteiger partial charge in [-0.25, -0.2) is 13.1 Å². The zero-order valence-corrected chi connectivity index (χ0v) is 11.4. The Balaban J connectivity index is 2.12. The molecule has 0 amide bonds. The van der Waals surface area contributed by atoms with Gasteiger partial charge in [0.25, 0.3) is 0 Å². The van der Waals surface area contributed by atoms with E-state index in [9.17, 15) is 8.42 Å². The molecule has 0 aliphatic heterocycles. The lowest BCUT2D eigenvalue weighted by Gasteiger charge is -2.26. The number of rotatable bonds is 3. The van der Waals surface area contributed by atoms with E-state index in [0.29, 0.717) is 5.56 Å². The van der Waals surface area contributed by atoms with Crippen molar-refractivity contribution in [2.24, 2.45) is 5.73 Å². The molecule has 5 nitrogen and oxygen atoms in total. The second-order valence-electron chi connectivity index (χ2n) is 4.87. The van der Waals surface area contributed by atoms with Crippen LogP contribution < -0.4 is 10.5 Å². The van der Waals surface area contributed by atoms with Gasteiger partial charge < -0.3 is 5.73 Å². The molecule has 0 bridgehead atoms. The molecule has 1 aromatic rings. The molecule has 0 unspecified atom stereocenters. The van der Waals surface area contributed by atoms with Crippen molar-refractivity contribution in [1.82, 2.24) is 4.72 Å². The lowest BCUT2D eigenvalue weighted by atomic mass is 9.93. The van der Waals surface area contributed by atoms with Crippen LogP contribution in [0.5, 0.6) is 0 Å². The molecule has 1 aliphatic carbocycles. The molecule has 6 heteroatoms. The zero-order chi connectivity index (χ0) is 13.9. The molecule has 1 aromatic carbocycles. The summed E-state index contributed by atoms with van der Waals surface area (Å²) in [5.41, 5.74) is 6.14. The smallest absolute Gasteiger partial charge is 0.240 e. The standard InChI is InChI=1S/C13H17N3O2S/c14-9-10-2-1-3-13(8-10)19(17,18)16-12-6-4-11(15)5-7-12/h1-3,8,11-12,16H,4-7,15H2. The van der Waals surface area contributed by atoms with Crippen LogP contribution in [-0.2, 0) is 10.0 Å². The van der Waals surface area contributed by atoms with E-state index < -0.39 is 10.0 Å². The fourth-order valence-electron chi connectivity index (χ4n) is 2.26. The zero-order valence-electron chi connectivity index (χ0n) is 10.5. The molecule has 1 fully saturated rings. The molecule has 0 atom stereocenters. The number of nitriles is 1. The maximum Gasteiger partial charge on any atom is 0.240 e. The predicted molar refractivity (Wildman–Crippen MR) is 71.7 cm³/mol. The van der Waals surface area contributed by atoms with Gasteiger partial charge in [-0.15, -0.1) is 0 Å². The Bertz CT molecular complexity index is 584. The molecule has 0 aromatic heterocycles. The molecule has 1 aliphatic rings. The Kier molecular flexibility index (Phi) is 4.20. The van der Waals surface area contributed by atoms with Crippen LogP contribution in [0.3, 0.4) is 0 Å². The fraction of sp³-hybridized carbons (Fsp3) is 0.462. The lowest BCUT2D eigenvalue weighted by molar-refractivity contribution is 0.373. The highest BCUT2D eigenvalue weighted by atomic mass is 32.2. The van der Waals surface area contributed by atoms with Crippen molar-refractivity contribution in [2.45, 2.75) is 42.7 Å². The summed E-state index contributed by atoms with van der Waals surface area (Å²) in [6.07, 6.45) is 3.20. The average molecular weight is 279 g/mol. The molecule has 102 valence electrons. The number of hydrogen-bond acceptors (Lipinski definition) is 4. The van der Waals surface area contributed by atoms with Gasteiger partial charge in [-0.05, 0) is 43.9 Å². The summed E-state index contributed by atoms with van der Waals surface area (Å²) in [4.78, 5) is 0.140. The van der Waals surface area contributed by atoms with Gasteiger partial charge in [0.15, 0.2) is 0 Å². The van der Waals surface area contributed by atoms with Gasteiger partial charge in [-0.3, -0.25) is 0 Å². The minimum absolute atomic E-state index is 0.0597. The SMILES string of the molecule is N#Cc1cccc(S(=O)(=O)NC2CCC(N)CC2)c1. The monoisotopic (exact) mass is 279 g/mol. The normalized spacial score (nSPS) is 23.8. The third-order valence-electron chi connectivity index (χ3n) is 3.37. The van der Waals surface area contributed by atoms with Crippen LogP contribution in [-0.4, -0.2) is 20.5 Å². The summed E-state index contributed by atoms with van der Waals surface area (Å²) in [6, 6.07) is 8.10. The van der Waals surface area contributed by atoms with Crippen molar-refractivity contribution in [3.8, 4) is 6.07 Å². The summed E-state index contributed by atoms with van der Waals surface area (Å²) in [7, 11) is -3.55. The van der Waals surface area contributed by atoms with Gasteiger partial charge in [0.1, 0.15) is 0 Å². The van der Waals surface area contributed by atoms with E-state index in [2.05, 4.69) is 4.72 Å². The first-order valence-electron chi connectivity index (χ1n) is 6.29. The highest BCUT2D eigenvalue weighted by Gasteiger charge is 2.24. The van der Waals surface area contributed by atoms with Crippen molar-refractivity contribution in [3.05, 3.63) is 29.8 Å². The van der Waals surface area contributed by atoms with Crippen molar-refractivity contribution >= 4 is 10.0 Å². The van der Waals surface area contributed by atoms with E-state index in [1.807, 2.05) is 6.07 Å². The molecule has 0 spiro atoms. The molecular weight excluding hydrogens is 262 g/mol. The molecule has 3 N–H and O–H groups in total. The van der Waals surface area contributed by atoms with Crippen LogP contribution in [0.25, 0.3) is 0 Å². The van der Waals surface area contributed by atoms with Gasteiger partial charge >= 0.3 is 0 Å². The molecule has 19 heavy (non-hydrogen) atoms. The van der Waals surface area contributed by atoms with Crippen molar-refractivity contribution in [3.63, 3.8) is 0 Å². The van der Waals surface area contributed by atoms with E-state index in [4.69, 9.17) is 11.0 Å². The van der Waals surface area contributed by atoms with E-state index in [1.54, 1.807) is 12.1 Å². The van der Waals surface area contributed by atoms with Crippen LogP contribution in [0.2, 0.25) is 0 Å². The number of sulfonamides is 1. The van der Waals surface area contributed by atoms with E-state index in [-0.39, 0.29) is 17.0 Å². The molecular formula is C13H17N3O2S. The minimum atomic E-state index is -3.55. The topological polar surface area (TPSA) is 96.0 Å². The molecule has 1 saturated carbocycles. The second kappa shape index (κ2) is 5.70. The number of benzene rings is 1. The lowest BCUT2D eigenvalue weighted by Crippen LogP contribution is -2.40. The molecule has 2 rings (SSSR count). The highest BCUT2D eigenvalue weighted by Crippen LogP contribution is 2.19. The van der Waals surface area contributed by atoms with E-state index in [0.717, 1.165) is 25.7 Å². The molecule has 0 radical (unpaired) electrons.